The summed E-state index contributed by atoms with van der Waals surface area (Å²) in [6.07, 6.45) is 5.24. The van der Waals surface area contributed by atoms with E-state index in [2.05, 4.69) is 25.7 Å². The van der Waals surface area contributed by atoms with Crippen molar-refractivity contribution in [2.24, 2.45) is 0 Å². The lowest BCUT2D eigenvalue weighted by Gasteiger charge is -2.11. The highest BCUT2D eigenvalue weighted by Gasteiger charge is 2.26. The van der Waals surface area contributed by atoms with Gasteiger partial charge in [-0.2, -0.15) is 19.6 Å². The number of anilines is 1. The number of hydrogen-bond acceptors (Lipinski definition) is 8. The molecule has 1 aliphatic heterocycles. The third kappa shape index (κ3) is 3.89. The summed E-state index contributed by atoms with van der Waals surface area (Å²) in [5.74, 6) is 0.667. The predicted molar refractivity (Wildman–Crippen MR) is 111 cm³/mol. The van der Waals surface area contributed by atoms with Crippen molar-refractivity contribution in [1.29, 1.82) is 0 Å². The number of halogens is 1. The number of nitrogens with one attached hydrogen (secondary N) is 2. The summed E-state index contributed by atoms with van der Waals surface area (Å²) in [4.78, 5) is 32.4. The van der Waals surface area contributed by atoms with Gasteiger partial charge in [0, 0.05) is 23.2 Å². The Balaban J connectivity index is 1.56. The SMILES string of the molecule is COc1ccc(Oc2nc(NC3CC3)n3ncc(/C=C4\CC(=O)NC4=O)c3n2)c(Cl)c1. The normalized spacial score (nSPS) is 17.3. The van der Waals surface area contributed by atoms with Gasteiger partial charge in [-0.1, -0.05) is 11.6 Å². The van der Waals surface area contributed by atoms with Gasteiger partial charge in [0.2, 0.25) is 11.9 Å². The van der Waals surface area contributed by atoms with Gasteiger partial charge in [-0.3, -0.25) is 14.9 Å². The van der Waals surface area contributed by atoms with Crippen LogP contribution in [0.3, 0.4) is 0 Å². The molecule has 1 saturated heterocycles. The number of ether oxygens (including phenoxy) is 2. The molecule has 11 heteroatoms. The van der Waals surface area contributed by atoms with E-state index in [4.69, 9.17) is 21.1 Å². The summed E-state index contributed by atoms with van der Waals surface area (Å²) >= 11 is 6.28. The molecule has 1 aromatic carbocycles. The Hall–Kier alpha value is -3.66. The molecule has 2 fully saturated rings. The maximum absolute atomic E-state index is 11.9. The van der Waals surface area contributed by atoms with Crippen molar-refractivity contribution in [2.75, 3.05) is 12.4 Å². The molecule has 0 radical (unpaired) electrons. The van der Waals surface area contributed by atoms with Crippen molar-refractivity contribution in [3.8, 4) is 17.5 Å². The summed E-state index contributed by atoms with van der Waals surface area (Å²) in [5, 5.41) is 10.3. The van der Waals surface area contributed by atoms with E-state index in [0.717, 1.165) is 12.8 Å². The number of rotatable bonds is 6. The Morgan fingerprint density at radius 2 is 2.13 bits per heavy atom. The second-order valence-electron chi connectivity index (χ2n) is 7.21. The standard InChI is InChI=1S/C20H17ClN6O4/c1-30-13-4-5-15(14(21)8-13)31-20-25-17-11(6-10-7-16(28)24-18(10)29)9-22-27(17)19(26-20)23-12-2-3-12/h4-6,8-9,12H,2-3,7H2,1H3,(H,23,25,26)(H,24,28,29)/b10-6+. The second-order valence-corrected chi connectivity index (χ2v) is 7.61. The average molecular weight is 441 g/mol. The summed E-state index contributed by atoms with van der Waals surface area (Å²) in [7, 11) is 1.55. The Morgan fingerprint density at radius 3 is 2.81 bits per heavy atom. The molecule has 0 spiro atoms. The van der Waals surface area contributed by atoms with E-state index < -0.39 is 5.91 Å². The van der Waals surface area contributed by atoms with Gasteiger partial charge >= 0.3 is 6.01 Å². The van der Waals surface area contributed by atoms with Gasteiger partial charge in [0.1, 0.15) is 11.5 Å². The van der Waals surface area contributed by atoms with Gasteiger partial charge in [0.25, 0.3) is 5.91 Å². The van der Waals surface area contributed by atoms with E-state index in [-0.39, 0.29) is 18.3 Å². The zero-order valence-corrected chi connectivity index (χ0v) is 17.1. The smallest absolute Gasteiger partial charge is 0.327 e. The number of nitrogens with zero attached hydrogens (tertiary/aromatic N) is 4. The zero-order chi connectivity index (χ0) is 21.5. The second kappa shape index (κ2) is 7.55. The maximum Gasteiger partial charge on any atom is 0.327 e. The molecule has 3 aromatic rings. The molecule has 3 heterocycles. The third-order valence-corrected chi connectivity index (χ3v) is 5.15. The zero-order valence-electron chi connectivity index (χ0n) is 16.4. The van der Waals surface area contributed by atoms with Crippen LogP contribution in [0, 0.1) is 0 Å². The predicted octanol–water partition coefficient (Wildman–Crippen LogP) is 2.58. The first-order valence-corrected chi connectivity index (χ1v) is 9.96. The Labute approximate surface area is 181 Å². The fourth-order valence-corrected chi connectivity index (χ4v) is 3.33. The molecule has 2 N–H and O–H groups in total. The van der Waals surface area contributed by atoms with Crippen LogP contribution >= 0.6 is 11.6 Å². The van der Waals surface area contributed by atoms with Gasteiger partial charge in [0.05, 0.1) is 24.8 Å². The van der Waals surface area contributed by atoms with E-state index >= 15 is 0 Å². The van der Waals surface area contributed by atoms with E-state index in [1.54, 1.807) is 42.1 Å². The number of carbonyl (C=O) groups excluding carboxylic acids is 2. The lowest BCUT2D eigenvalue weighted by molar-refractivity contribution is -0.124. The van der Waals surface area contributed by atoms with Crippen molar-refractivity contribution in [2.45, 2.75) is 25.3 Å². The molecule has 2 amide bonds. The average Bonchev–Trinajstić information content (AvgIpc) is 3.38. The molecule has 2 aliphatic rings. The monoisotopic (exact) mass is 440 g/mol. The molecular formula is C20H17ClN6O4. The van der Waals surface area contributed by atoms with Crippen LogP contribution in [0.1, 0.15) is 24.8 Å². The molecule has 31 heavy (non-hydrogen) atoms. The number of fused-ring (bicyclic) bond motifs is 1. The number of benzene rings is 1. The fraction of sp³-hybridized carbons (Fsp3) is 0.250. The lowest BCUT2D eigenvalue weighted by atomic mass is 10.1. The summed E-state index contributed by atoms with van der Waals surface area (Å²) in [6, 6.07) is 5.38. The van der Waals surface area contributed by atoms with E-state index in [9.17, 15) is 9.59 Å². The van der Waals surface area contributed by atoms with Gasteiger partial charge in [-0.15, -0.1) is 0 Å². The van der Waals surface area contributed by atoms with Crippen LogP contribution in [0.4, 0.5) is 5.95 Å². The van der Waals surface area contributed by atoms with Crippen LogP contribution in [0.15, 0.2) is 30.0 Å². The highest BCUT2D eigenvalue weighted by molar-refractivity contribution is 6.32. The number of carbonyl (C=O) groups is 2. The Morgan fingerprint density at radius 1 is 1.29 bits per heavy atom. The van der Waals surface area contributed by atoms with Crippen molar-refractivity contribution in [3.05, 3.63) is 40.6 Å². The van der Waals surface area contributed by atoms with Gasteiger partial charge in [0.15, 0.2) is 5.65 Å². The minimum atomic E-state index is -0.420. The molecule has 158 valence electrons. The molecule has 5 rings (SSSR count). The van der Waals surface area contributed by atoms with Crippen LogP contribution in [0.2, 0.25) is 5.02 Å². The van der Waals surface area contributed by atoms with Crippen molar-refractivity contribution < 1.29 is 19.1 Å². The van der Waals surface area contributed by atoms with Crippen molar-refractivity contribution in [1.82, 2.24) is 24.9 Å². The first-order chi connectivity index (χ1) is 15.0. The molecule has 0 bridgehead atoms. The molecule has 0 unspecified atom stereocenters. The minimum absolute atomic E-state index is 0.0131. The van der Waals surface area contributed by atoms with E-state index in [1.807, 2.05) is 0 Å². The van der Waals surface area contributed by atoms with Gasteiger partial charge in [-0.25, -0.2) is 0 Å². The molecule has 2 aromatic heterocycles. The molecule has 10 nitrogen and oxygen atoms in total. The number of amides is 2. The minimum Gasteiger partial charge on any atom is -0.497 e. The number of hydrogen-bond donors (Lipinski definition) is 2. The van der Waals surface area contributed by atoms with Crippen LogP contribution in [-0.2, 0) is 9.59 Å². The van der Waals surface area contributed by atoms with Crippen LogP contribution < -0.4 is 20.1 Å². The van der Waals surface area contributed by atoms with Crippen LogP contribution in [0.25, 0.3) is 11.7 Å². The number of methoxy groups -OCH3 is 1. The van der Waals surface area contributed by atoms with Crippen molar-refractivity contribution >= 4 is 41.1 Å². The van der Waals surface area contributed by atoms with E-state index in [0.29, 0.717) is 45.3 Å². The van der Waals surface area contributed by atoms with Crippen LogP contribution in [0.5, 0.6) is 17.5 Å². The van der Waals surface area contributed by atoms with Crippen molar-refractivity contribution in [3.63, 3.8) is 0 Å². The first-order valence-electron chi connectivity index (χ1n) is 9.58. The molecule has 1 saturated carbocycles. The Bertz CT molecular complexity index is 1250. The summed E-state index contributed by atoms with van der Waals surface area (Å²) in [5.41, 5.74) is 1.33. The maximum atomic E-state index is 11.9. The number of imide groups is 1. The first kappa shape index (κ1) is 19.3. The fourth-order valence-electron chi connectivity index (χ4n) is 3.12. The number of aromatic nitrogens is 4. The Kier molecular flexibility index (Phi) is 4.70. The molecule has 0 atom stereocenters. The highest BCUT2D eigenvalue weighted by Crippen LogP contribution is 2.33. The van der Waals surface area contributed by atoms with E-state index in [1.165, 1.54) is 0 Å². The topological polar surface area (TPSA) is 120 Å². The largest absolute Gasteiger partial charge is 0.497 e. The van der Waals surface area contributed by atoms with Crippen LogP contribution in [-0.4, -0.2) is 44.5 Å². The molecular weight excluding hydrogens is 424 g/mol. The summed E-state index contributed by atoms with van der Waals surface area (Å²) in [6.45, 7) is 0. The summed E-state index contributed by atoms with van der Waals surface area (Å²) < 4.78 is 12.5. The third-order valence-electron chi connectivity index (χ3n) is 4.85. The quantitative estimate of drug-likeness (QED) is 0.443. The molecule has 1 aliphatic carbocycles. The van der Waals surface area contributed by atoms with Gasteiger partial charge in [-0.05, 0) is 31.1 Å². The van der Waals surface area contributed by atoms with Gasteiger partial charge < -0.3 is 14.8 Å². The highest BCUT2D eigenvalue weighted by atomic mass is 35.5. The lowest BCUT2D eigenvalue weighted by Crippen LogP contribution is -2.19.